The van der Waals surface area contributed by atoms with Gasteiger partial charge in [-0.05, 0) is 43.0 Å². The molecule has 112 valence electrons. The van der Waals surface area contributed by atoms with E-state index in [1.807, 2.05) is 0 Å². The Morgan fingerprint density at radius 3 is 2.24 bits per heavy atom. The smallest absolute Gasteiger partial charge is 0.314 e. The quantitative estimate of drug-likeness (QED) is 0.805. The zero-order chi connectivity index (χ0) is 15.2. The van der Waals surface area contributed by atoms with Crippen LogP contribution in [0.25, 0.3) is 0 Å². The molecular weight excluding hydrogens is 285 g/mol. The number of halogens is 3. The predicted molar refractivity (Wildman–Crippen MR) is 68.6 cm³/mol. The van der Waals surface area contributed by atoms with Gasteiger partial charge in [-0.25, -0.2) is 9.69 Å². The van der Waals surface area contributed by atoms with Gasteiger partial charge in [-0.2, -0.15) is 13.2 Å². The summed E-state index contributed by atoms with van der Waals surface area (Å²) in [6.07, 6.45) is -2.33. The molecule has 3 rings (SSSR count). The van der Waals surface area contributed by atoms with Crippen LogP contribution in [0.1, 0.15) is 18.4 Å². The molecule has 21 heavy (non-hydrogen) atoms. The summed E-state index contributed by atoms with van der Waals surface area (Å²) in [7, 11) is 0. The van der Waals surface area contributed by atoms with Crippen LogP contribution >= 0.6 is 0 Å². The number of benzene rings is 1. The van der Waals surface area contributed by atoms with Crippen molar-refractivity contribution in [3.63, 3.8) is 0 Å². The molecule has 1 heterocycles. The molecule has 0 bridgehead atoms. The first-order chi connectivity index (χ1) is 9.86. The van der Waals surface area contributed by atoms with Gasteiger partial charge < -0.3 is 4.90 Å². The molecule has 2 aliphatic rings. The third kappa shape index (κ3) is 2.72. The van der Waals surface area contributed by atoms with Gasteiger partial charge in [0.2, 0.25) is 0 Å². The summed E-state index contributed by atoms with van der Waals surface area (Å²) >= 11 is 0. The average Bonchev–Trinajstić information content (AvgIpc) is 3.17. The first-order valence-electron chi connectivity index (χ1n) is 6.65. The molecule has 2 fully saturated rings. The third-order valence-corrected chi connectivity index (χ3v) is 3.67. The van der Waals surface area contributed by atoms with Gasteiger partial charge in [0.25, 0.3) is 5.91 Å². The molecular formula is C14H13F3N2O2. The van der Waals surface area contributed by atoms with Crippen molar-refractivity contribution >= 4 is 17.6 Å². The summed E-state index contributed by atoms with van der Waals surface area (Å²) in [6.45, 7) is 0.540. The topological polar surface area (TPSA) is 40.6 Å². The van der Waals surface area contributed by atoms with E-state index in [-0.39, 0.29) is 12.2 Å². The molecule has 0 spiro atoms. The largest absolute Gasteiger partial charge is 0.416 e. The van der Waals surface area contributed by atoms with Crippen LogP contribution in [0.4, 0.5) is 23.7 Å². The standard InChI is InChI=1S/C14H13F3N2O2/c15-14(16,17)10-3-5-11(6-4-10)19-12(20)8-18(13(19)21)7-9-1-2-9/h3-6,9H,1-2,7-8H2. The van der Waals surface area contributed by atoms with E-state index in [1.54, 1.807) is 0 Å². The summed E-state index contributed by atoms with van der Waals surface area (Å²) in [5.41, 5.74) is -0.628. The lowest BCUT2D eigenvalue weighted by atomic mass is 10.2. The molecule has 1 aromatic rings. The van der Waals surface area contributed by atoms with E-state index < -0.39 is 23.7 Å². The maximum Gasteiger partial charge on any atom is 0.416 e. The second-order valence-corrected chi connectivity index (χ2v) is 5.38. The number of rotatable bonds is 3. The molecule has 0 unspecified atom stereocenters. The molecule has 1 aliphatic heterocycles. The number of anilines is 1. The minimum absolute atomic E-state index is 0.00362. The van der Waals surface area contributed by atoms with Gasteiger partial charge in [0.05, 0.1) is 11.3 Å². The molecule has 1 saturated heterocycles. The lowest BCUT2D eigenvalue weighted by molar-refractivity contribution is -0.137. The van der Waals surface area contributed by atoms with Crippen molar-refractivity contribution in [3.05, 3.63) is 29.8 Å². The number of carbonyl (C=O) groups excluding carboxylic acids is 2. The van der Waals surface area contributed by atoms with Crippen LogP contribution in [0.5, 0.6) is 0 Å². The molecule has 1 saturated carbocycles. The lowest BCUT2D eigenvalue weighted by Crippen LogP contribution is -2.34. The van der Waals surface area contributed by atoms with Gasteiger partial charge in [0.15, 0.2) is 0 Å². The number of nitrogens with zero attached hydrogens (tertiary/aromatic N) is 2. The fraction of sp³-hybridized carbons (Fsp3) is 0.429. The van der Waals surface area contributed by atoms with E-state index in [4.69, 9.17) is 0 Å². The number of imide groups is 1. The Labute approximate surface area is 119 Å². The van der Waals surface area contributed by atoms with E-state index in [9.17, 15) is 22.8 Å². The van der Waals surface area contributed by atoms with Crippen LogP contribution in [0.2, 0.25) is 0 Å². The Kier molecular flexibility index (Phi) is 3.15. The Morgan fingerprint density at radius 1 is 1.10 bits per heavy atom. The first kappa shape index (κ1) is 13.9. The normalized spacial score (nSPS) is 19.6. The van der Waals surface area contributed by atoms with Crippen LogP contribution in [-0.2, 0) is 11.0 Å². The Bertz CT molecular complexity index is 579. The van der Waals surface area contributed by atoms with Gasteiger partial charge in [-0.15, -0.1) is 0 Å². The van der Waals surface area contributed by atoms with Gasteiger partial charge in [0, 0.05) is 6.54 Å². The average molecular weight is 298 g/mol. The van der Waals surface area contributed by atoms with Gasteiger partial charge in [-0.3, -0.25) is 4.79 Å². The van der Waals surface area contributed by atoms with Crippen LogP contribution in [0.15, 0.2) is 24.3 Å². The summed E-state index contributed by atoms with van der Waals surface area (Å²) in [6, 6.07) is 3.60. The minimum Gasteiger partial charge on any atom is -0.314 e. The van der Waals surface area contributed by atoms with Crippen molar-refractivity contribution < 1.29 is 22.8 Å². The second-order valence-electron chi connectivity index (χ2n) is 5.38. The number of urea groups is 1. The molecule has 7 heteroatoms. The molecule has 3 amide bonds. The predicted octanol–water partition coefficient (Wildman–Crippen LogP) is 2.88. The van der Waals surface area contributed by atoms with Crippen molar-refractivity contribution in [2.45, 2.75) is 19.0 Å². The summed E-state index contributed by atoms with van der Waals surface area (Å²) in [5, 5.41) is 0. The Balaban J connectivity index is 1.79. The van der Waals surface area contributed by atoms with Crippen LogP contribution in [0.3, 0.4) is 0 Å². The number of amides is 3. The second kappa shape index (κ2) is 4.75. The van der Waals surface area contributed by atoms with E-state index >= 15 is 0 Å². The number of hydrogen-bond acceptors (Lipinski definition) is 2. The van der Waals surface area contributed by atoms with E-state index in [2.05, 4.69) is 0 Å². The van der Waals surface area contributed by atoms with E-state index in [0.29, 0.717) is 12.5 Å². The van der Waals surface area contributed by atoms with Gasteiger partial charge >= 0.3 is 12.2 Å². The number of alkyl halides is 3. The highest BCUT2D eigenvalue weighted by Gasteiger charge is 2.40. The Hall–Kier alpha value is -2.05. The minimum atomic E-state index is -4.43. The van der Waals surface area contributed by atoms with Crippen molar-refractivity contribution in [1.29, 1.82) is 0 Å². The molecule has 0 radical (unpaired) electrons. The maximum absolute atomic E-state index is 12.5. The van der Waals surface area contributed by atoms with Crippen molar-refractivity contribution in [2.75, 3.05) is 18.0 Å². The van der Waals surface area contributed by atoms with Crippen LogP contribution in [-0.4, -0.2) is 29.9 Å². The molecule has 1 aromatic carbocycles. The highest BCUT2D eigenvalue weighted by Crippen LogP contribution is 2.33. The van der Waals surface area contributed by atoms with Crippen molar-refractivity contribution in [2.24, 2.45) is 5.92 Å². The SMILES string of the molecule is O=C1CN(CC2CC2)C(=O)N1c1ccc(C(F)(F)F)cc1. The van der Waals surface area contributed by atoms with Crippen LogP contribution in [0, 0.1) is 5.92 Å². The van der Waals surface area contributed by atoms with Crippen molar-refractivity contribution in [1.82, 2.24) is 4.90 Å². The van der Waals surface area contributed by atoms with E-state index in [0.717, 1.165) is 42.0 Å². The van der Waals surface area contributed by atoms with Crippen LogP contribution < -0.4 is 4.90 Å². The fourth-order valence-corrected chi connectivity index (χ4v) is 2.36. The van der Waals surface area contributed by atoms with Gasteiger partial charge in [0.1, 0.15) is 6.54 Å². The Morgan fingerprint density at radius 2 is 1.71 bits per heavy atom. The first-order valence-corrected chi connectivity index (χ1v) is 6.65. The van der Waals surface area contributed by atoms with E-state index in [1.165, 1.54) is 4.90 Å². The summed E-state index contributed by atoms with van der Waals surface area (Å²) in [4.78, 5) is 26.5. The molecule has 0 aromatic heterocycles. The number of carbonyl (C=O) groups is 2. The molecule has 4 nitrogen and oxygen atoms in total. The monoisotopic (exact) mass is 298 g/mol. The molecule has 1 aliphatic carbocycles. The highest BCUT2D eigenvalue weighted by molar-refractivity contribution is 6.19. The lowest BCUT2D eigenvalue weighted by Gasteiger charge is -2.17. The maximum atomic E-state index is 12.5. The summed E-state index contributed by atoms with van der Waals surface area (Å²) < 4.78 is 37.5. The third-order valence-electron chi connectivity index (χ3n) is 3.67. The zero-order valence-corrected chi connectivity index (χ0v) is 11.1. The summed E-state index contributed by atoms with van der Waals surface area (Å²) in [5.74, 6) is 0.0507. The molecule has 0 atom stereocenters. The zero-order valence-electron chi connectivity index (χ0n) is 11.1. The van der Waals surface area contributed by atoms with Gasteiger partial charge in [-0.1, -0.05) is 0 Å². The number of hydrogen-bond donors (Lipinski definition) is 0. The molecule has 0 N–H and O–H groups in total. The van der Waals surface area contributed by atoms with Crippen molar-refractivity contribution in [3.8, 4) is 0 Å². The fourth-order valence-electron chi connectivity index (χ4n) is 2.36. The highest BCUT2D eigenvalue weighted by atomic mass is 19.4.